The number of hydrogen-bond donors (Lipinski definition) is 2. The van der Waals surface area contributed by atoms with Gasteiger partial charge < -0.3 is 10.7 Å². The van der Waals surface area contributed by atoms with Gasteiger partial charge in [-0.2, -0.15) is 0 Å². The van der Waals surface area contributed by atoms with E-state index in [2.05, 4.69) is 16.8 Å². The van der Waals surface area contributed by atoms with Gasteiger partial charge in [-0.05, 0) is 18.2 Å². The average Bonchev–Trinajstić information content (AvgIpc) is 2.39. The molecule has 2 rings (SSSR count). The van der Waals surface area contributed by atoms with Crippen molar-refractivity contribution in [3.05, 3.63) is 50.3 Å². The first-order valence-electron chi connectivity index (χ1n) is 5.62. The van der Waals surface area contributed by atoms with Gasteiger partial charge in [-0.15, -0.1) is 0 Å². The summed E-state index contributed by atoms with van der Waals surface area (Å²) in [5.74, 6) is 5.71. The number of nitrogens with zero attached hydrogens (tertiary/aromatic N) is 1. The van der Waals surface area contributed by atoms with Crippen molar-refractivity contribution in [2.75, 3.05) is 6.54 Å². The normalized spacial score (nSPS) is 9.95. The minimum atomic E-state index is -0.703. The van der Waals surface area contributed by atoms with Gasteiger partial charge in [0.2, 0.25) is 0 Å². The quantitative estimate of drug-likeness (QED) is 0.478. The van der Waals surface area contributed by atoms with E-state index in [-0.39, 0.29) is 5.39 Å². The van der Waals surface area contributed by atoms with Crippen LogP contribution in [0.25, 0.3) is 10.9 Å². The van der Waals surface area contributed by atoms with E-state index in [1.165, 1.54) is 0 Å². The fraction of sp³-hybridized carbons (Fsp3) is 0.154. The molecule has 0 aliphatic carbocycles. The molecule has 0 radical (unpaired) electrons. The molecule has 0 aliphatic heterocycles. The summed E-state index contributed by atoms with van der Waals surface area (Å²) in [5, 5.41) is 11.0. The molecule has 1 aromatic carbocycles. The number of nitrogens with two attached hydrogens (primary N) is 1. The van der Waals surface area contributed by atoms with E-state index in [1.54, 1.807) is 18.2 Å². The Hall–Kier alpha value is -2.65. The first-order valence-corrected chi connectivity index (χ1v) is 5.62. The highest BCUT2D eigenvalue weighted by Gasteiger charge is 2.14. The molecule has 0 aliphatic rings. The number of aromatic amines is 1. The van der Waals surface area contributed by atoms with Gasteiger partial charge in [-0.3, -0.25) is 14.9 Å². The van der Waals surface area contributed by atoms with E-state index in [9.17, 15) is 14.9 Å². The van der Waals surface area contributed by atoms with E-state index in [0.717, 1.165) is 6.20 Å². The number of fused-ring (bicyclic) bond motifs is 1. The lowest BCUT2D eigenvalue weighted by Gasteiger charge is -1.98. The van der Waals surface area contributed by atoms with Gasteiger partial charge >= 0.3 is 5.69 Å². The Labute approximate surface area is 108 Å². The Bertz CT molecular complexity index is 753. The molecule has 96 valence electrons. The van der Waals surface area contributed by atoms with Crippen molar-refractivity contribution in [3.63, 3.8) is 0 Å². The van der Waals surface area contributed by atoms with Crippen LogP contribution in [-0.2, 0) is 0 Å². The summed E-state index contributed by atoms with van der Waals surface area (Å²) in [6.07, 6.45) is 1.66. The number of nitrogens with one attached hydrogen (secondary N) is 1. The highest BCUT2D eigenvalue weighted by Crippen LogP contribution is 2.13. The Morgan fingerprint density at radius 3 is 2.89 bits per heavy atom. The molecular formula is C13H11N3O3. The number of nitro groups is 1. The van der Waals surface area contributed by atoms with Gasteiger partial charge in [0.25, 0.3) is 5.43 Å². The van der Waals surface area contributed by atoms with Crippen LogP contribution in [0, 0.1) is 22.0 Å². The third-order valence-corrected chi connectivity index (χ3v) is 2.56. The molecule has 6 nitrogen and oxygen atoms in total. The summed E-state index contributed by atoms with van der Waals surface area (Å²) in [6, 6.07) is 4.96. The maximum absolute atomic E-state index is 11.9. The van der Waals surface area contributed by atoms with E-state index < -0.39 is 16.0 Å². The predicted molar refractivity (Wildman–Crippen MR) is 71.8 cm³/mol. The Morgan fingerprint density at radius 1 is 1.42 bits per heavy atom. The zero-order chi connectivity index (χ0) is 13.8. The molecule has 6 heteroatoms. The lowest BCUT2D eigenvalue weighted by molar-refractivity contribution is -0.386. The van der Waals surface area contributed by atoms with Gasteiger partial charge in [-0.25, -0.2) is 0 Å². The maximum atomic E-state index is 11.9. The first-order chi connectivity index (χ1) is 9.13. The fourth-order valence-corrected chi connectivity index (χ4v) is 1.66. The van der Waals surface area contributed by atoms with Crippen LogP contribution in [0.2, 0.25) is 0 Å². The van der Waals surface area contributed by atoms with E-state index >= 15 is 0 Å². The molecule has 0 saturated carbocycles. The van der Waals surface area contributed by atoms with Crippen LogP contribution in [0.1, 0.15) is 12.0 Å². The highest BCUT2D eigenvalue weighted by atomic mass is 16.6. The largest absolute Gasteiger partial charge is 0.355 e. The zero-order valence-electron chi connectivity index (χ0n) is 9.97. The summed E-state index contributed by atoms with van der Waals surface area (Å²) < 4.78 is 0. The maximum Gasteiger partial charge on any atom is 0.332 e. The fourth-order valence-electron chi connectivity index (χ4n) is 1.66. The smallest absolute Gasteiger partial charge is 0.332 e. The molecule has 0 unspecified atom stereocenters. The van der Waals surface area contributed by atoms with Gasteiger partial charge in [0.1, 0.15) is 0 Å². The Balaban J connectivity index is 2.58. The van der Waals surface area contributed by atoms with Gasteiger partial charge in [0.15, 0.2) is 0 Å². The van der Waals surface area contributed by atoms with Crippen molar-refractivity contribution in [2.45, 2.75) is 6.42 Å². The van der Waals surface area contributed by atoms with Crippen molar-refractivity contribution in [1.29, 1.82) is 0 Å². The van der Waals surface area contributed by atoms with Crippen molar-refractivity contribution < 1.29 is 4.92 Å². The highest BCUT2D eigenvalue weighted by molar-refractivity contribution is 5.81. The average molecular weight is 257 g/mol. The standard InChI is InChI=1S/C13H11N3O3/c14-6-2-1-3-9-4-5-11-10(7-9)13(17)12(8-15-11)16(18)19/h4-5,7-8H,2,6,14H2,(H,15,17). The van der Waals surface area contributed by atoms with Crippen LogP contribution in [0.4, 0.5) is 5.69 Å². The summed E-state index contributed by atoms with van der Waals surface area (Å²) in [4.78, 5) is 24.7. The Morgan fingerprint density at radius 2 is 2.21 bits per heavy atom. The SMILES string of the molecule is NCCC#Cc1ccc2[nH]cc([N+](=O)[O-])c(=O)c2c1. The molecule has 0 spiro atoms. The van der Waals surface area contributed by atoms with Crippen molar-refractivity contribution in [3.8, 4) is 11.8 Å². The molecule has 0 atom stereocenters. The van der Waals surface area contributed by atoms with Gasteiger partial charge in [0, 0.05) is 24.0 Å². The molecule has 19 heavy (non-hydrogen) atoms. The van der Waals surface area contributed by atoms with Gasteiger partial charge in [0.05, 0.1) is 16.5 Å². The van der Waals surface area contributed by atoms with Gasteiger partial charge in [-0.1, -0.05) is 11.8 Å². The predicted octanol–water partition coefficient (Wildman–Crippen LogP) is 1.14. The van der Waals surface area contributed by atoms with Crippen molar-refractivity contribution in [2.24, 2.45) is 5.73 Å². The van der Waals surface area contributed by atoms with E-state index in [4.69, 9.17) is 5.73 Å². The van der Waals surface area contributed by atoms with E-state index in [0.29, 0.717) is 24.0 Å². The van der Waals surface area contributed by atoms with Crippen LogP contribution >= 0.6 is 0 Å². The van der Waals surface area contributed by atoms with Crippen LogP contribution in [-0.4, -0.2) is 16.5 Å². The van der Waals surface area contributed by atoms with Crippen LogP contribution in [0.15, 0.2) is 29.2 Å². The topological polar surface area (TPSA) is 102 Å². The summed E-state index contributed by atoms with van der Waals surface area (Å²) in [7, 11) is 0. The molecule has 0 bridgehead atoms. The molecule has 2 aromatic rings. The van der Waals surface area contributed by atoms with Crippen LogP contribution in [0.5, 0.6) is 0 Å². The number of benzene rings is 1. The summed E-state index contributed by atoms with van der Waals surface area (Å²) in [6.45, 7) is 0.465. The molecule has 3 N–H and O–H groups in total. The molecule has 1 aromatic heterocycles. The number of H-pyrrole nitrogens is 1. The third-order valence-electron chi connectivity index (χ3n) is 2.56. The minimum Gasteiger partial charge on any atom is -0.355 e. The minimum absolute atomic E-state index is 0.258. The number of rotatable bonds is 2. The number of hydrogen-bond acceptors (Lipinski definition) is 4. The second kappa shape index (κ2) is 5.33. The lowest BCUT2D eigenvalue weighted by atomic mass is 10.1. The van der Waals surface area contributed by atoms with Crippen molar-refractivity contribution in [1.82, 2.24) is 4.98 Å². The summed E-state index contributed by atoms with van der Waals surface area (Å²) in [5.41, 5.74) is 5.42. The lowest BCUT2D eigenvalue weighted by Crippen LogP contribution is -2.09. The van der Waals surface area contributed by atoms with Crippen LogP contribution in [0.3, 0.4) is 0 Å². The molecule has 0 fully saturated rings. The molecular weight excluding hydrogens is 246 g/mol. The Kier molecular flexibility index (Phi) is 3.59. The number of pyridine rings is 1. The molecule has 0 amide bonds. The van der Waals surface area contributed by atoms with Crippen molar-refractivity contribution >= 4 is 16.6 Å². The second-order valence-corrected chi connectivity index (χ2v) is 3.86. The first kappa shape index (κ1) is 12.8. The number of aromatic nitrogens is 1. The van der Waals surface area contributed by atoms with Crippen LogP contribution < -0.4 is 11.2 Å². The summed E-state index contributed by atoms with van der Waals surface area (Å²) >= 11 is 0. The van der Waals surface area contributed by atoms with E-state index in [1.807, 2.05) is 0 Å². The zero-order valence-corrected chi connectivity index (χ0v) is 9.97. The monoisotopic (exact) mass is 257 g/mol. The third kappa shape index (κ3) is 2.61. The molecule has 1 heterocycles. The second-order valence-electron chi connectivity index (χ2n) is 3.86. The molecule has 0 saturated heterocycles.